The van der Waals surface area contributed by atoms with Crippen LogP contribution in [-0.4, -0.2) is 54.3 Å². The maximum Gasteiger partial charge on any atom is 0.266 e. The third-order valence-electron chi connectivity index (χ3n) is 5.03. The van der Waals surface area contributed by atoms with Gasteiger partial charge in [-0.2, -0.15) is 0 Å². The minimum atomic E-state index is 0.00858. The van der Waals surface area contributed by atoms with E-state index in [1.807, 2.05) is 17.0 Å². The zero-order valence-corrected chi connectivity index (χ0v) is 14.3. The largest absolute Gasteiger partial charge is 0.429 e. The number of carbonyl (C=O) groups excluding carboxylic acids is 1. The van der Waals surface area contributed by atoms with Gasteiger partial charge < -0.3 is 23.8 Å². The molecule has 3 atom stereocenters. The molecule has 0 unspecified atom stereocenters. The first-order chi connectivity index (χ1) is 11.7. The Morgan fingerprint density at radius 2 is 2.29 bits per heavy atom. The summed E-state index contributed by atoms with van der Waals surface area (Å²) in [6.07, 6.45) is 3.02. The number of hydrogen-bond acceptors (Lipinski definition) is 5. The first kappa shape index (κ1) is 15.8. The zero-order chi connectivity index (χ0) is 16.7. The maximum absolute atomic E-state index is 13.1. The van der Waals surface area contributed by atoms with Crippen LogP contribution in [0.5, 0.6) is 0 Å². The van der Waals surface area contributed by atoms with Gasteiger partial charge in [-0.3, -0.25) is 4.79 Å². The van der Waals surface area contributed by atoms with Crippen molar-refractivity contribution in [2.24, 2.45) is 0 Å². The van der Waals surface area contributed by atoms with E-state index in [1.54, 1.807) is 13.2 Å². The summed E-state index contributed by atoms with van der Waals surface area (Å²) in [5.41, 5.74) is 2.02. The number of aromatic amines is 1. The van der Waals surface area contributed by atoms with E-state index < -0.39 is 0 Å². The fourth-order valence-corrected chi connectivity index (χ4v) is 3.98. The van der Waals surface area contributed by atoms with Crippen molar-refractivity contribution in [3.8, 4) is 0 Å². The second-order valence-corrected chi connectivity index (χ2v) is 6.74. The number of oxazole rings is 1. The van der Waals surface area contributed by atoms with E-state index in [0.717, 1.165) is 24.8 Å². The molecule has 1 aliphatic carbocycles. The molecule has 0 bridgehead atoms. The number of nitrogens with zero attached hydrogens (tertiary/aromatic N) is 1. The van der Waals surface area contributed by atoms with Crippen molar-refractivity contribution in [2.75, 3.05) is 20.3 Å². The lowest BCUT2D eigenvalue weighted by atomic mass is 9.87. The second kappa shape index (κ2) is 6.31. The fraction of sp³-hybridized carbons (Fsp3) is 0.529. The normalized spacial score (nSPS) is 27.2. The van der Waals surface area contributed by atoms with E-state index in [-0.39, 0.29) is 24.2 Å². The number of ether oxygens (including phenoxy) is 2. The summed E-state index contributed by atoms with van der Waals surface area (Å²) in [5, 5.41) is 0. The lowest BCUT2D eigenvalue weighted by molar-refractivity contribution is -0.101. The summed E-state index contributed by atoms with van der Waals surface area (Å²) >= 11 is 5.00. The molecular formula is C17H20N2O4S. The second-order valence-electron chi connectivity index (χ2n) is 6.37. The summed E-state index contributed by atoms with van der Waals surface area (Å²) in [5.74, 6) is 0.00858. The lowest BCUT2D eigenvalue weighted by Gasteiger charge is -2.45. The summed E-state index contributed by atoms with van der Waals surface area (Å²) in [6.45, 7) is 1.18. The van der Waals surface area contributed by atoms with Gasteiger partial charge in [0, 0.05) is 19.2 Å². The number of fused-ring (bicyclic) bond motifs is 2. The van der Waals surface area contributed by atoms with Gasteiger partial charge in [-0.15, -0.1) is 0 Å². The molecule has 2 fully saturated rings. The van der Waals surface area contributed by atoms with E-state index >= 15 is 0 Å². The molecule has 4 rings (SSSR count). The first-order valence-electron chi connectivity index (χ1n) is 8.24. The predicted molar refractivity (Wildman–Crippen MR) is 90.6 cm³/mol. The number of amides is 1. The minimum Gasteiger partial charge on any atom is -0.429 e. The van der Waals surface area contributed by atoms with Crippen molar-refractivity contribution in [1.82, 2.24) is 9.88 Å². The van der Waals surface area contributed by atoms with Gasteiger partial charge in [0.15, 0.2) is 5.58 Å². The zero-order valence-electron chi connectivity index (χ0n) is 13.5. The average molecular weight is 348 g/mol. The van der Waals surface area contributed by atoms with Gasteiger partial charge in [-0.25, -0.2) is 0 Å². The third-order valence-corrected chi connectivity index (χ3v) is 5.22. The van der Waals surface area contributed by atoms with Gasteiger partial charge in [0.25, 0.3) is 10.7 Å². The van der Waals surface area contributed by atoms with Crippen LogP contribution >= 0.6 is 12.2 Å². The molecular weight excluding hydrogens is 328 g/mol. The number of benzene rings is 1. The summed E-state index contributed by atoms with van der Waals surface area (Å²) in [4.78, 5) is 18.2. The van der Waals surface area contributed by atoms with Gasteiger partial charge in [-0.05, 0) is 49.7 Å². The van der Waals surface area contributed by atoms with Crippen LogP contribution in [0.25, 0.3) is 11.1 Å². The standard InChI is InChI=1S/C17H20N2O4S/c1-21-11-3-5-14-13(9-11)19(6-7-22-14)16(20)10-2-4-12-15(8-10)23-17(24)18-12/h2,4,8,11,13-14H,3,5-7,9H2,1H3,(H,18,24)/t11-,13+,14+/m1/s1. The first-order valence-corrected chi connectivity index (χ1v) is 8.65. The molecule has 128 valence electrons. The highest BCUT2D eigenvalue weighted by molar-refractivity contribution is 7.71. The van der Waals surface area contributed by atoms with Crippen LogP contribution in [-0.2, 0) is 9.47 Å². The highest BCUT2D eigenvalue weighted by Crippen LogP contribution is 2.31. The molecule has 1 aliphatic heterocycles. The Morgan fingerprint density at radius 1 is 1.42 bits per heavy atom. The SMILES string of the molecule is CO[C@@H]1CC[C@@H]2OCCN(C(=O)c3ccc4[nH]c(=S)oc4c3)[C@H]2C1. The maximum atomic E-state index is 13.1. The minimum absolute atomic E-state index is 0.00858. The van der Waals surface area contributed by atoms with Gasteiger partial charge >= 0.3 is 0 Å². The van der Waals surface area contributed by atoms with Crippen molar-refractivity contribution >= 4 is 29.2 Å². The molecule has 1 aromatic carbocycles. The van der Waals surface area contributed by atoms with E-state index in [9.17, 15) is 4.79 Å². The monoisotopic (exact) mass is 348 g/mol. The van der Waals surface area contributed by atoms with Crippen LogP contribution in [0.1, 0.15) is 29.6 Å². The van der Waals surface area contributed by atoms with Gasteiger partial charge in [-0.1, -0.05) is 0 Å². The molecule has 1 saturated carbocycles. The molecule has 2 aliphatic rings. The summed E-state index contributed by atoms with van der Waals surface area (Å²) in [7, 11) is 1.73. The molecule has 1 N–H and O–H groups in total. The highest BCUT2D eigenvalue weighted by atomic mass is 32.1. The van der Waals surface area contributed by atoms with E-state index in [1.165, 1.54) is 0 Å². The smallest absolute Gasteiger partial charge is 0.266 e. The van der Waals surface area contributed by atoms with E-state index in [2.05, 4.69) is 4.98 Å². The predicted octanol–water partition coefficient (Wildman–Crippen LogP) is 2.90. The Kier molecular flexibility index (Phi) is 4.15. The highest BCUT2D eigenvalue weighted by Gasteiger charge is 2.40. The molecule has 0 radical (unpaired) electrons. The van der Waals surface area contributed by atoms with Gasteiger partial charge in [0.2, 0.25) is 0 Å². The number of aromatic nitrogens is 1. The van der Waals surface area contributed by atoms with Crippen molar-refractivity contribution in [2.45, 2.75) is 37.5 Å². The number of H-pyrrole nitrogens is 1. The molecule has 1 amide bonds. The molecule has 24 heavy (non-hydrogen) atoms. The molecule has 2 heterocycles. The summed E-state index contributed by atoms with van der Waals surface area (Å²) in [6, 6.07) is 5.47. The van der Waals surface area contributed by atoms with E-state index in [0.29, 0.717) is 29.1 Å². The molecule has 1 saturated heterocycles. The van der Waals surface area contributed by atoms with Crippen LogP contribution in [0.4, 0.5) is 0 Å². The Morgan fingerprint density at radius 3 is 3.12 bits per heavy atom. The van der Waals surface area contributed by atoms with Crippen LogP contribution in [0.3, 0.4) is 0 Å². The third kappa shape index (κ3) is 2.76. The molecule has 2 aromatic rings. The van der Waals surface area contributed by atoms with Gasteiger partial charge in [0.05, 0.1) is 30.4 Å². The molecule has 6 nitrogen and oxygen atoms in total. The number of methoxy groups -OCH3 is 1. The van der Waals surface area contributed by atoms with E-state index in [4.69, 9.17) is 26.1 Å². The van der Waals surface area contributed by atoms with Crippen LogP contribution in [0, 0.1) is 4.84 Å². The van der Waals surface area contributed by atoms with Crippen LogP contribution in [0.2, 0.25) is 0 Å². The van der Waals surface area contributed by atoms with Crippen LogP contribution < -0.4 is 0 Å². The van der Waals surface area contributed by atoms with Crippen molar-refractivity contribution < 1.29 is 18.7 Å². The number of rotatable bonds is 2. The number of carbonyl (C=O) groups is 1. The fourth-order valence-electron chi connectivity index (χ4n) is 3.78. The average Bonchev–Trinajstić information content (AvgIpc) is 2.99. The molecule has 7 heteroatoms. The molecule has 0 spiro atoms. The Hall–Kier alpha value is -1.70. The number of morpholine rings is 1. The van der Waals surface area contributed by atoms with Crippen molar-refractivity contribution in [1.29, 1.82) is 0 Å². The topological polar surface area (TPSA) is 67.7 Å². The lowest BCUT2D eigenvalue weighted by Crippen LogP contribution is -2.56. The van der Waals surface area contributed by atoms with Gasteiger partial charge in [0.1, 0.15) is 0 Å². The quantitative estimate of drug-likeness (QED) is 0.845. The molecule has 1 aromatic heterocycles. The van der Waals surface area contributed by atoms with Crippen LogP contribution in [0.15, 0.2) is 22.6 Å². The Balaban J connectivity index is 1.62. The summed E-state index contributed by atoms with van der Waals surface area (Å²) < 4.78 is 16.8. The Bertz CT molecular complexity index is 814. The Labute approximate surface area is 144 Å². The van der Waals surface area contributed by atoms with Crippen molar-refractivity contribution in [3.63, 3.8) is 0 Å². The van der Waals surface area contributed by atoms with Crippen molar-refractivity contribution in [3.05, 3.63) is 28.6 Å². The number of hydrogen-bond donors (Lipinski definition) is 1. The number of nitrogens with one attached hydrogen (secondary N) is 1.